The summed E-state index contributed by atoms with van der Waals surface area (Å²) in [5.41, 5.74) is 2.27. The molecule has 1 saturated carbocycles. The zero-order valence-electron chi connectivity index (χ0n) is 11.8. The molecule has 0 radical (unpaired) electrons. The molecule has 6 heteroatoms. The van der Waals surface area contributed by atoms with E-state index < -0.39 is 0 Å². The van der Waals surface area contributed by atoms with Crippen LogP contribution < -0.4 is 10.6 Å². The van der Waals surface area contributed by atoms with Gasteiger partial charge in [-0.2, -0.15) is 4.37 Å². The van der Waals surface area contributed by atoms with Gasteiger partial charge in [0, 0.05) is 19.0 Å². The number of nitrogens with zero attached hydrogens (tertiary/aromatic N) is 1. The van der Waals surface area contributed by atoms with Crippen molar-refractivity contribution in [3.05, 3.63) is 46.9 Å². The first-order chi connectivity index (χ1) is 10.1. The number of nitrogens with one attached hydrogen (secondary N) is 2. The summed E-state index contributed by atoms with van der Waals surface area (Å²) < 4.78 is 17.4. The number of aryl methyl sites for hydroxylation is 1. The van der Waals surface area contributed by atoms with Gasteiger partial charge in [0.2, 0.25) is 0 Å². The summed E-state index contributed by atoms with van der Waals surface area (Å²) in [4.78, 5) is 12.3. The first-order valence-electron chi connectivity index (χ1n) is 6.80. The third-order valence-electron chi connectivity index (χ3n) is 3.70. The van der Waals surface area contributed by atoms with E-state index >= 15 is 0 Å². The Morgan fingerprint density at radius 3 is 3.00 bits per heavy atom. The number of carbonyl (C=O) groups excluding carboxylic acids is 1. The molecule has 1 aromatic carbocycles. The van der Waals surface area contributed by atoms with E-state index in [1.54, 1.807) is 13.1 Å². The predicted octanol–water partition coefficient (Wildman–Crippen LogP) is 2.92. The van der Waals surface area contributed by atoms with Crippen molar-refractivity contribution in [1.29, 1.82) is 0 Å². The second kappa shape index (κ2) is 5.44. The van der Waals surface area contributed by atoms with Gasteiger partial charge in [0.1, 0.15) is 10.8 Å². The molecule has 0 spiro atoms. The molecule has 0 aliphatic heterocycles. The van der Waals surface area contributed by atoms with Gasteiger partial charge in [0.25, 0.3) is 5.91 Å². The van der Waals surface area contributed by atoms with Crippen molar-refractivity contribution >= 4 is 22.4 Å². The topological polar surface area (TPSA) is 54.0 Å². The van der Waals surface area contributed by atoms with E-state index in [1.165, 1.54) is 23.7 Å². The number of hydrogen-bond donors (Lipinski definition) is 2. The number of amides is 1. The van der Waals surface area contributed by atoms with Crippen LogP contribution in [0.25, 0.3) is 0 Å². The molecule has 1 aromatic heterocycles. The minimum atomic E-state index is -0.236. The minimum Gasteiger partial charge on any atom is -0.378 e. The largest absolute Gasteiger partial charge is 0.378 e. The lowest BCUT2D eigenvalue weighted by molar-refractivity contribution is 0.0950. The number of halogens is 1. The molecule has 1 aliphatic rings. The smallest absolute Gasteiger partial charge is 0.256 e. The van der Waals surface area contributed by atoms with Gasteiger partial charge >= 0.3 is 0 Å². The molecule has 2 aromatic rings. The number of benzene rings is 1. The van der Waals surface area contributed by atoms with Crippen LogP contribution in [0.2, 0.25) is 0 Å². The molecule has 2 N–H and O–H groups in total. The van der Waals surface area contributed by atoms with Crippen molar-refractivity contribution in [3.63, 3.8) is 0 Å². The average Bonchev–Trinajstić information content (AvgIpc) is 3.11. The molecular weight excluding hydrogens is 289 g/mol. The van der Waals surface area contributed by atoms with Crippen LogP contribution in [0.1, 0.15) is 34.0 Å². The lowest BCUT2D eigenvalue weighted by Crippen LogP contribution is -2.27. The quantitative estimate of drug-likeness (QED) is 0.913. The SMILES string of the molecule is CNc1snc(C)c1C(=O)NC1CC1c1cccc(F)c1. The summed E-state index contributed by atoms with van der Waals surface area (Å²) in [6, 6.07) is 6.64. The van der Waals surface area contributed by atoms with E-state index in [2.05, 4.69) is 15.0 Å². The summed E-state index contributed by atoms with van der Waals surface area (Å²) in [5, 5.41) is 6.76. The number of hydrogen-bond acceptors (Lipinski definition) is 4. The molecule has 2 atom stereocenters. The zero-order valence-corrected chi connectivity index (χ0v) is 12.6. The summed E-state index contributed by atoms with van der Waals surface area (Å²) in [6.07, 6.45) is 0.848. The highest BCUT2D eigenvalue weighted by molar-refractivity contribution is 7.10. The van der Waals surface area contributed by atoms with Gasteiger partial charge in [-0.05, 0) is 42.6 Å². The van der Waals surface area contributed by atoms with Crippen LogP contribution in [0.15, 0.2) is 24.3 Å². The Bertz CT molecular complexity index is 685. The molecule has 1 amide bonds. The van der Waals surface area contributed by atoms with Gasteiger partial charge < -0.3 is 10.6 Å². The van der Waals surface area contributed by atoms with Crippen molar-refractivity contribution in [3.8, 4) is 0 Å². The number of anilines is 1. The van der Waals surface area contributed by atoms with Crippen molar-refractivity contribution in [2.24, 2.45) is 0 Å². The lowest BCUT2D eigenvalue weighted by Gasteiger charge is -2.06. The fraction of sp³-hybridized carbons (Fsp3) is 0.333. The van der Waals surface area contributed by atoms with Gasteiger partial charge in [-0.3, -0.25) is 4.79 Å². The molecular formula is C15H16FN3OS. The molecule has 3 rings (SSSR count). The Hall–Kier alpha value is -1.95. The maximum Gasteiger partial charge on any atom is 0.256 e. The highest BCUT2D eigenvalue weighted by Crippen LogP contribution is 2.41. The van der Waals surface area contributed by atoms with Crippen molar-refractivity contribution in [1.82, 2.24) is 9.69 Å². The maximum atomic E-state index is 13.2. The Morgan fingerprint density at radius 2 is 2.29 bits per heavy atom. The second-order valence-electron chi connectivity index (χ2n) is 5.20. The minimum absolute atomic E-state index is 0.0725. The molecule has 1 aliphatic carbocycles. The number of rotatable bonds is 4. The van der Waals surface area contributed by atoms with E-state index in [1.807, 2.05) is 13.0 Å². The summed E-state index contributed by atoms with van der Waals surface area (Å²) in [7, 11) is 1.77. The summed E-state index contributed by atoms with van der Waals surface area (Å²) >= 11 is 1.28. The van der Waals surface area contributed by atoms with Crippen molar-refractivity contribution in [2.75, 3.05) is 12.4 Å². The lowest BCUT2D eigenvalue weighted by atomic mass is 10.1. The fourth-order valence-electron chi connectivity index (χ4n) is 2.51. The van der Waals surface area contributed by atoms with Gasteiger partial charge in [-0.15, -0.1) is 0 Å². The Morgan fingerprint density at radius 1 is 1.48 bits per heavy atom. The molecule has 4 nitrogen and oxygen atoms in total. The van der Waals surface area contributed by atoms with E-state index in [-0.39, 0.29) is 23.7 Å². The van der Waals surface area contributed by atoms with Gasteiger partial charge in [-0.25, -0.2) is 4.39 Å². The second-order valence-corrected chi connectivity index (χ2v) is 5.97. The van der Waals surface area contributed by atoms with Crippen LogP contribution in [0, 0.1) is 12.7 Å². The van der Waals surface area contributed by atoms with Gasteiger partial charge in [0.05, 0.1) is 11.3 Å². The zero-order chi connectivity index (χ0) is 15.0. The molecule has 0 bridgehead atoms. The average molecular weight is 305 g/mol. The van der Waals surface area contributed by atoms with Crippen LogP contribution in [-0.4, -0.2) is 23.4 Å². The van der Waals surface area contributed by atoms with E-state index in [9.17, 15) is 9.18 Å². The van der Waals surface area contributed by atoms with Gasteiger partial charge in [0.15, 0.2) is 0 Å². The van der Waals surface area contributed by atoms with Crippen LogP contribution in [-0.2, 0) is 0 Å². The van der Waals surface area contributed by atoms with Crippen LogP contribution in [0.3, 0.4) is 0 Å². The molecule has 21 heavy (non-hydrogen) atoms. The van der Waals surface area contributed by atoms with Crippen LogP contribution in [0.4, 0.5) is 9.39 Å². The summed E-state index contributed by atoms with van der Waals surface area (Å²) in [6.45, 7) is 1.82. The maximum absolute atomic E-state index is 13.2. The van der Waals surface area contributed by atoms with E-state index in [0.717, 1.165) is 22.7 Å². The molecule has 1 fully saturated rings. The Kier molecular flexibility index (Phi) is 3.63. The molecule has 0 saturated heterocycles. The van der Waals surface area contributed by atoms with Crippen LogP contribution >= 0.6 is 11.5 Å². The fourth-order valence-corrected chi connectivity index (χ4v) is 3.25. The predicted molar refractivity (Wildman–Crippen MR) is 81.4 cm³/mol. The number of aromatic nitrogens is 1. The highest BCUT2D eigenvalue weighted by atomic mass is 32.1. The normalized spacial score (nSPS) is 20.1. The Labute approximate surface area is 126 Å². The van der Waals surface area contributed by atoms with E-state index in [4.69, 9.17) is 0 Å². The molecule has 110 valence electrons. The molecule has 2 unspecified atom stereocenters. The van der Waals surface area contributed by atoms with Gasteiger partial charge in [-0.1, -0.05) is 12.1 Å². The standard InChI is InChI=1S/C15H16FN3OS/c1-8-13(15(17-2)21-19-8)14(20)18-12-7-11(12)9-4-3-5-10(16)6-9/h3-6,11-12,17H,7H2,1-2H3,(H,18,20). The monoisotopic (exact) mass is 305 g/mol. The molecule has 1 heterocycles. The van der Waals surface area contributed by atoms with Crippen molar-refractivity contribution < 1.29 is 9.18 Å². The van der Waals surface area contributed by atoms with Crippen LogP contribution in [0.5, 0.6) is 0 Å². The summed E-state index contributed by atoms with van der Waals surface area (Å²) in [5.74, 6) is -0.149. The highest BCUT2D eigenvalue weighted by Gasteiger charge is 2.40. The third kappa shape index (κ3) is 2.76. The number of carbonyl (C=O) groups is 1. The first-order valence-corrected chi connectivity index (χ1v) is 7.58. The van der Waals surface area contributed by atoms with E-state index in [0.29, 0.717) is 5.56 Å². The first kappa shape index (κ1) is 14.0. The van der Waals surface area contributed by atoms with Crippen molar-refractivity contribution in [2.45, 2.75) is 25.3 Å². The Balaban J connectivity index is 1.69. The third-order valence-corrected chi connectivity index (χ3v) is 4.66.